The Bertz CT molecular complexity index is 1350. The summed E-state index contributed by atoms with van der Waals surface area (Å²) in [5.41, 5.74) is 0. The Kier molecular flexibility index (Phi) is 54.2. The van der Waals surface area contributed by atoms with Gasteiger partial charge in [-0.1, -0.05) is 295 Å². The Morgan fingerprint density at radius 2 is 0.833 bits per heavy atom. The number of allylic oxidation sites excluding steroid dienone is 3. The van der Waals surface area contributed by atoms with Crippen LogP contribution < -0.4 is 5.32 Å². The van der Waals surface area contributed by atoms with Crippen LogP contribution in [0.5, 0.6) is 0 Å². The summed E-state index contributed by atoms with van der Waals surface area (Å²) in [6.07, 6.45) is 60.0. The Hall–Kier alpha value is -1.86. The zero-order chi connectivity index (χ0) is 56.6. The van der Waals surface area contributed by atoms with E-state index in [9.17, 15) is 35.1 Å². The van der Waals surface area contributed by atoms with E-state index in [1.807, 2.05) is 6.08 Å². The van der Waals surface area contributed by atoms with Gasteiger partial charge in [-0.25, -0.2) is 0 Å². The van der Waals surface area contributed by atoms with Gasteiger partial charge in [-0.05, 0) is 44.9 Å². The van der Waals surface area contributed by atoms with Crippen LogP contribution in [0.1, 0.15) is 328 Å². The van der Waals surface area contributed by atoms with E-state index in [2.05, 4.69) is 31.3 Å². The lowest BCUT2D eigenvalue weighted by Gasteiger charge is -2.40. The standard InChI is InChI=1S/C67H127NO10/c1-3-5-7-9-11-13-15-16-30-34-37-41-45-49-53-60(70)59(58-77-67-66(75)65(74)64(73)61(57-69)78-67)68-62(71)54-50-46-42-38-35-31-28-26-24-22-20-18-17-19-21-23-25-27-29-32-36-40-44-48-52-56-76-63(72)55-51-47-43-39-33-14-12-10-8-6-4-2/h34,37,49,53,59-61,64-67,69-70,73-75H,3-33,35-36,38-48,50-52,54-58H2,1-2H3,(H,68,71)/b37-34+,53-49+. The van der Waals surface area contributed by atoms with Crippen molar-refractivity contribution in [1.82, 2.24) is 5.32 Å². The first-order chi connectivity index (χ1) is 38.2. The number of aliphatic hydroxyl groups is 5. The van der Waals surface area contributed by atoms with Gasteiger partial charge >= 0.3 is 5.97 Å². The highest BCUT2D eigenvalue weighted by Gasteiger charge is 2.44. The van der Waals surface area contributed by atoms with Crippen LogP contribution >= 0.6 is 0 Å². The van der Waals surface area contributed by atoms with Crippen LogP contribution in [-0.4, -0.2) is 100 Å². The molecule has 1 aliphatic heterocycles. The van der Waals surface area contributed by atoms with Gasteiger partial charge in [-0.2, -0.15) is 0 Å². The van der Waals surface area contributed by atoms with Crippen LogP contribution in [0.3, 0.4) is 0 Å². The van der Waals surface area contributed by atoms with Crippen LogP contribution in [0.15, 0.2) is 24.3 Å². The highest BCUT2D eigenvalue weighted by Crippen LogP contribution is 2.23. The minimum atomic E-state index is -1.58. The topological polar surface area (TPSA) is 175 Å². The number of unbranched alkanes of at least 4 members (excludes halogenated alkanes) is 43. The number of carbonyl (C=O) groups is 2. The SMILES string of the molecule is CCCCCCCCCC/C=C/CC/C=C/C(O)C(COC1OC(CO)C(O)C(O)C1O)NC(=O)CCCCCCCCCCCCCCCCCCCCCCCCCCCOC(=O)CCCCCCCCCCCCC. The number of hydrogen-bond donors (Lipinski definition) is 6. The molecule has 1 aliphatic rings. The molecular formula is C67H127NO10. The number of esters is 1. The molecule has 7 atom stereocenters. The zero-order valence-electron chi connectivity index (χ0n) is 50.9. The summed E-state index contributed by atoms with van der Waals surface area (Å²) in [6.45, 7) is 4.35. The Balaban J connectivity index is 2.02. The molecule has 0 saturated carbocycles. The summed E-state index contributed by atoms with van der Waals surface area (Å²) in [6, 6.07) is -0.826. The van der Waals surface area contributed by atoms with Gasteiger partial charge in [0.25, 0.3) is 0 Å². The Morgan fingerprint density at radius 1 is 0.462 bits per heavy atom. The molecule has 11 heteroatoms. The van der Waals surface area contributed by atoms with Crippen molar-refractivity contribution in [3.63, 3.8) is 0 Å². The predicted octanol–water partition coefficient (Wildman–Crippen LogP) is 16.5. The van der Waals surface area contributed by atoms with E-state index in [-0.39, 0.29) is 18.5 Å². The number of ether oxygens (including phenoxy) is 3. The van der Waals surface area contributed by atoms with Crippen LogP contribution in [0, 0.1) is 0 Å². The number of hydrogen-bond acceptors (Lipinski definition) is 10. The first kappa shape index (κ1) is 74.2. The second-order valence-corrected chi connectivity index (χ2v) is 23.5. The third-order valence-electron chi connectivity index (χ3n) is 16.1. The lowest BCUT2D eigenvalue weighted by molar-refractivity contribution is -0.302. The molecule has 78 heavy (non-hydrogen) atoms. The molecule has 0 bridgehead atoms. The Labute approximate surface area is 480 Å². The van der Waals surface area contributed by atoms with Gasteiger partial charge < -0.3 is 45.1 Å². The minimum absolute atomic E-state index is 0.00562. The molecule has 11 nitrogen and oxygen atoms in total. The summed E-state index contributed by atoms with van der Waals surface area (Å²) in [5, 5.41) is 54.5. The third kappa shape index (κ3) is 45.7. The smallest absolute Gasteiger partial charge is 0.305 e. The summed E-state index contributed by atoms with van der Waals surface area (Å²) in [7, 11) is 0. The molecule has 1 rings (SSSR count). The van der Waals surface area contributed by atoms with Crippen molar-refractivity contribution in [2.75, 3.05) is 19.8 Å². The molecule has 0 spiro atoms. The number of amides is 1. The van der Waals surface area contributed by atoms with E-state index in [1.165, 1.54) is 244 Å². The van der Waals surface area contributed by atoms with Gasteiger partial charge in [-0.3, -0.25) is 9.59 Å². The lowest BCUT2D eigenvalue weighted by Crippen LogP contribution is -2.60. The molecule has 0 aromatic heterocycles. The van der Waals surface area contributed by atoms with E-state index in [0.29, 0.717) is 19.4 Å². The number of nitrogens with one attached hydrogen (secondary N) is 1. The second kappa shape index (κ2) is 57.0. The third-order valence-corrected chi connectivity index (χ3v) is 16.1. The maximum absolute atomic E-state index is 13.1. The molecule has 0 aliphatic carbocycles. The normalized spacial score (nSPS) is 18.6. The summed E-state index contributed by atoms with van der Waals surface area (Å²) < 4.78 is 16.7. The largest absolute Gasteiger partial charge is 0.466 e. The molecule has 1 fully saturated rings. The van der Waals surface area contributed by atoms with E-state index < -0.39 is 49.5 Å². The van der Waals surface area contributed by atoms with Crippen molar-refractivity contribution in [2.45, 2.75) is 371 Å². The first-order valence-corrected chi connectivity index (χ1v) is 33.6. The van der Waals surface area contributed by atoms with Crippen LogP contribution in [0.25, 0.3) is 0 Å². The van der Waals surface area contributed by atoms with Gasteiger partial charge in [0.2, 0.25) is 5.91 Å². The van der Waals surface area contributed by atoms with Crippen molar-refractivity contribution in [3.05, 3.63) is 24.3 Å². The van der Waals surface area contributed by atoms with Gasteiger partial charge in [-0.15, -0.1) is 0 Å². The summed E-state index contributed by atoms with van der Waals surface area (Å²) in [5.74, 6) is -0.183. The maximum atomic E-state index is 13.1. The van der Waals surface area contributed by atoms with Crippen LogP contribution in [-0.2, 0) is 23.8 Å². The molecular weight excluding hydrogens is 979 g/mol. The summed E-state index contributed by atoms with van der Waals surface area (Å²) in [4.78, 5) is 25.1. The molecule has 7 unspecified atom stereocenters. The van der Waals surface area contributed by atoms with Crippen LogP contribution in [0.2, 0.25) is 0 Å². The van der Waals surface area contributed by atoms with Gasteiger partial charge in [0.05, 0.1) is 32.0 Å². The highest BCUT2D eigenvalue weighted by atomic mass is 16.7. The second-order valence-electron chi connectivity index (χ2n) is 23.5. The fourth-order valence-electron chi connectivity index (χ4n) is 10.7. The minimum Gasteiger partial charge on any atom is -0.466 e. The molecule has 460 valence electrons. The van der Waals surface area contributed by atoms with Gasteiger partial charge in [0, 0.05) is 12.8 Å². The molecule has 0 radical (unpaired) electrons. The summed E-state index contributed by atoms with van der Waals surface area (Å²) >= 11 is 0. The molecule has 1 saturated heterocycles. The maximum Gasteiger partial charge on any atom is 0.305 e. The number of rotatable bonds is 59. The monoisotopic (exact) mass is 1110 g/mol. The van der Waals surface area contributed by atoms with Gasteiger partial charge in [0.15, 0.2) is 6.29 Å². The molecule has 0 aromatic rings. The molecule has 0 aromatic carbocycles. The van der Waals surface area contributed by atoms with Crippen LogP contribution in [0.4, 0.5) is 0 Å². The van der Waals surface area contributed by atoms with E-state index in [4.69, 9.17) is 14.2 Å². The average molecular weight is 1110 g/mol. The van der Waals surface area contributed by atoms with Crippen molar-refractivity contribution < 1.29 is 49.3 Å². The van der Waals surface area contributed by atoms with E-state index >= 15 is 0 Å². The lowest BCUT2D eigenvalue weighted by atomic mass is 9.99. The fraction of sp³-hybridized carbons (Fsp3) is 0.910. The highest BCUT2D eigenvalue weighted by molar-refractivity contribution is 5.76. The van der Waals surface area contributed by atoms with Crippen molar-refractivity contribution >= 4 is 11.9 Å². The number of aliphatic hydroxyl groups excluding tert-OH is 5. The Morgan fingerprint density at radius 3 is 1.27 bits per heavy atom. The van der Waals surface area contributed by atoms with Crippen molar-refractivity contribution in [1.29, 1.82) is 0 Å². The van der Waals surface area contributed by atoms with Gasteiger partial charge in [0.1, 0.15) is 24.4 Å². The predicted molar refractivity (Wildman–Crippen MR) is 324 cm³/mol. The quantitative estimate of drug-likeness (QED) is 0.0195. The van der Waals surface area contributed by atoms with E-state index in [0.717, 1.165) is 57.8 Å². The molecule has 1 heterocycles. The number of carbonyl (C=O) groups excluding carboxylic acids is 2. The average Bonchev–Trinajstić information content (AvgIpc) is 3.45. The van der Waals surface area contributed by atoms with Crippen molar-refractivity contribution in [2.24, 2.45) is 0 Å². The zero-order valence-corrected chi connectivity index (χ0v) is 50.9. The van der Waals surface area contributed by atoms with Crippen molar-refractivity contribution in [3.8, 4) is 0 Å². The molecule has 6 N–H and O–H groups in total. The van der Waals surface area contributed by atoms with E-state index in [1.54, 1.807) is 6.08 Å². The first-order valence-electron chi connectivity index (χ1n) is 33.6. The fourth-order valence-corrected chi connectivity index (χ4v) is 10.7. The molecule has 1 amide bonds.